The van der Waals surface area contributed by atoms with Gasteiger partial charge in [0.15, 0.2) is 5.13 Å². The molecule has 5 rings (SSSR count). The molecule has 1 aliphatic rings. The first-order valence-corrected chi connectivity index (χ1v) is 15.8. The van der Waals surface area contributed by atoms with E-state index in [9.17, 15) is 18.0 Å². The Morgan fingerprint density at radius 2 is 1.74 bits per heavy atom. The van der Waals surface area contributed by atoms with Crippen molar-refractivity contribution < 1.29 is 27.5 Å². The molecule has 0 atom stereocenters. The number of nitrogens with zero attached hydrogens (tertiary/aromatic N) is 5. The van der Waals surface area contributed by atoms with Gasteiger partial charge in [-0.25, -0.2) is 18.2 Å². The summed E-state index contributed by atoms with van der Waals surface area (Å²) < 4.78 is 39.5. The van der Waals surface area contributed by atoms with Gasteiger partial charge in [-0.2, -0.15) is 4.31 Å². The van der Waals surface area contributed by atoms with Crippen molar-refractivity contribution in [3.05, 3.63) is 78.1 Å². The quantitative estimate of drug-likeness (QED) is 0.274. The first-order chi connectivity index (χ1) is 20.3. The Bertz CT molecular complexity index is 1650. The number of carbonyl (C=O) groups is 2. The molecule has 0 radical (unpaired) electrons. The van der Waals surface area contributed by atoms with Gasteiger partial charge >= 0.3 is 6.09 Å². The molecule has 220 valence electrons. The number of hydrogen-bond donors (Lipinski definition) is 0. The zero-order chi connectivity index (χ0) is 29.7. The molecule has 4 aromatic rings. The molecule has 1 saturated heterocycles. The second-order valence-corrected chi connectivity index (χ2v) is 12.3. The first-order valence-electron chi connectivity index (χ1n) is 13.6. The van der Waals surface area contributed by atoms with Gasteiger partial charge in [-0.1, -0.05) is 17.4 Å². The lowest BCUT2D eigenvalue weighted by atomic mass is 10.2. The minimum absolute atomic E-state index is 0.0725. The summed E-state index contributed by atoms with van der Waals surface area (Å²) in [5, 5.41) is 0.491. The average molecular weight is 610 g/mol. The summed E-state index contributed by atoms with van der Waals surface area (Å²) in [5.41, 5.74) is 1.73. The van der Waals surface area contributed by atoms with Crippen molar-refractivity contribution in [2.75, 3.05) is 44.3 Å². The molecule has 2 aromatic carbocycles. The van der Waals surface area contributed by atoms with Gasteiger partial charge < -0.3 is 14.4 Å². The van der Waals surface area contributed by atoms with Crippen molar-refractivity contribution in [1.82, 2.24) is 19.2 Å². The lowest BCUT2D eigenvalue weighted by Crippen LogP contribution is -2.50. The molecule has 0 bridgehead atoms. The Labute approximate surface area is 248 Å². The van der Waals surface area contributed by atoms with E-state index in [2.05, 4.69) is 4.98 Å². The Morgan fingerprint density at radius 3 is 2.40 bits per heavy atom. The van der Waals surface area contributed by atoms with Crippen LogP contribution in [0.25, 0.3) is 10.2 Å². The SMILES string of the molecule is CCOC(=O)N1CCN(S(=O)(=O)c2ccc(C(=O)N(Cc3ccccn3)c3nc4ccc(OCC)cc4s3)cc2)CC1. The maximum absolute atomic E-state index is 13.8. The number of piperazine rings is 1. The molecular formula is C29H31N5O6S2. The fourth-order valence-corrected chi connectivity index (χ4v) is 6.96. The topological polar surface area (TPSA) is 122 Å². The van der Waals surface area contributed by atoms with Gasteiger partial charge in [0.2, 0.25) is 10.0 Å². The Hall–Kier alpha value is -4.07. The maximum Gasteiger partial charge on any atom is 0.409 e. The smallest absolute Gasteiger partial charge is 0.409 e. The number of sulfonamides is 1. The third kappa shape index (κ3) is 6.37. The van der Waals surface area contributed by atoms with Crippen LogP contribution in [0, 0.1) is 0 Å². The van der Waals surface area contributed by atoms with Crippen molar-refractivity contribution in [3.8, 4) is 5.75 Å². The van der Waals surface area contributed by atoms with Gasteiger partial charge in [0.1, 0.15) is 5.75 Å². The lowest BCUT2D eigenvalue weighted by Gasteiger charge is -2.33. The summed E-state index contributed by atoms with van der Waals surface area (Å²) in [7, 11) is -3.82. The Balaban J connectivity index is 1.37. The van der Waals surface area contributed by atoms with Crippen molar-refractivity contribution in [1.29, 1.82) is 0 Å². The summed E-state index contributed by atoms with van der Waals surface area (Å²) in [6, 6.07) is 17.0. The molecule has 1 fully saturated rings. The Morgan fingerprint density at radius 1 is 0.976 bits per heavy atom. The normalized spacial score (nSPS) is 14.1. The molecule has 2 amide bonds. The van der Waals surface area contributed by atoms with Gasteiger partial charge in [-0.05, 0) is 68.4 Å². The number of thiazole rings is 1. The van der Waals surface area contributed by atoms with Gasteiger partial charge in [0, 0.05) is 37.9 Å². The minimum Gasteiger partial charge on any atom is -0.494 e. The molecule has 13 heteroatoms. The summed E-state index contributed by atoms with van der Waals surface area (Å²) >= 11 is 1.37. The molecule has 11 nitrogen and oxygen atoms in total. The van der Waals surface area contributed by atoms with E-state index < -0.39 is 16.1 Å². The molecule has 0 unspecified atom stereocenters. The number of fused-ring (bicyclic) bond motifs is 1. The monoisotopic (exact) mass is 609 g/mol. The van der Waals surface area contributed by atoms with Crippen LogP contribution in [-0.2, 0) is 21.3 Å². The van der Waals surface area contributed by atoms with E-state index in [1.807, 2.05) is 37.3 Å². The van der Waals surface area contributed by atoms with Crippen molar-refractivity contribution in [2.24, 2.45) is 0 Å². The lowest BCUT2D eigenvalue weighted by molar-refractivity contribution is 0.0933. The summed E-state index contributed by atoms with van der Waals surface area (Å²) in [6.07, 6.45) is 1.22. The molecule has 42 heavy (non-hydrogen) atoms. The standard InChI is InChI=1S/C29H31N5O6S2/c1-3-39-23-10-13-25-26(19-23)41-28(31-25)34(20-22-7-5-6-14-30-22)27(35)21-8-11-24(12-9-21)42(37,38)33-17-15-32(16-18-33)29(36)40-4-2/h5-14,19H,3-4,15-18,20H2,1-2H3. The van der Waals surface area contributed by atoms with Crippen LogP contribution < -0.4 is 9.64 Å². The number of benzene rings is 2. The van der Waals surface area contributed by atoms with Gasteiger partial charge in [0.25, 0.3) is 5.91 Å². The van der Waals surface area contributed by atoms with E-state index in [1.165, 1.54) is 44.8 Å². The maximum atomic E-state index is 13.8. The molecule has 0 saturated carbocycles. The first kappa shape index (κ1) is 29.4. The minimum atomic E-state index is -3.82. The number of ether oxygens (including phenoxy) is 2. The van der Waals surface area contributed by atoms with E-state index in [1.54, 1.807) is 24.1 Å². The predicted octanol–water partition coefficient (Wildman–Crippen LogP) is 4.40. The number of pyridine rings is 1. The molecular weight excluding hydrogens is 578 g/mol. The predicted molar refractivity (Wildman–Crippen MR) is 159 cm³/mol. The highest BCUT2D eigenvalue weighted by Gasteiger charge is 2.31. The van der Waals surface area contributed by atoms with E-state index in [0.29, 0.717) is 23.0 Å². The van der Waals surface area contributed by atoms with Crippen LogP contribution >= 0.6 is 11.3 Å². The molecule has 1 aliphatic heterocycles. The number of amides is 2. The summed E-state index contributed by atoms with van der Waals surface area (Å²) in [4.78, 5) is 38.0. The van der Waals surface area contributed by atoms with Crippen LogP contribution in [0.5, 0.6) is 5.75 Å². The van der Waals surface area contributed by atoms with Gasteiger partial charge in [-0.3, -0.25) is 14.7 Å². The van der Waals surface area contributed by atoms with Crippen LogP contribution in [0.1, 0.15) is 29.9 Å². The van der Waals surface area contributed by atoms with E-state index in [4.69, 9.17) is 14.5 Å². The average Bonchev–Trinajstić information content (AvgIpc) is 3.44. The van der Waals surface area contributed by atoms with Crippen LogP contribution in [0.3, 0.4) is 0 Å². The Kier molecular flexibility index (Phi) is 9.00. The van der Waals surface area contributed by atoms with E-state index >= 15 is 0 Å². The van der Waals surface area contributed by atoms with Crippen molar-refractivity contribution >= 4 is 48.7 Å². The van der Waals surface area contributed by atoms with Gasteiger partial charge in [-0.15, -0.1) is 0 Å². The van der Waals surface area contributed by atoms with Crippen LogP contribution in [-0.4, -0.2) is 79.0 Å². The number of aromatic nitrogens is 2. The van der Waals surface area contributed by atoms with Gasteiger partial charge in [0.05, 0.1) is 40.6 Å². The summed E-state index contributed by atoms with van der Waals surface area (Å²) in [5.74, 6) is 0.388. The highest BCUT2D eigenvalue weighted by Crippen LogP contribution is 2.33. The molecule has 2 aromatic heterocycles. The van der Waals surface area contributed by atoms with Crippen molar-refractivity contribution in [3.63, 3.8) is 0 Å². The number of carbonyl (C=O) groups excluding carboxylic acids is 2. The molecule has 3 heterocycles. The third-order valence-corrected chi connectivity index (χ3v) is 9.64. The number of hydrogen-bond acceptors (Lipinski definition) is 9. The highest BCUT2D eigenvalue weighted by molar-refractivity contribution is 7.89. The zero-order valence-electron chi connectivity index (χ0n) is 23.3. The molecule has 0 spiro atoms. The second-order valence-electron chi connectivity index (χ2n) is 9.39. The zero-order valence-corrected chi connectivity index (χ0v) is 24.9. The number of rotatable bonds is 9. The number of anilines is 1. The highest BCUT2D eigenvalue weighted by atomic mass is 32.2. The second kappa shape index (κ2) is 12.8. The van der Waals surface area contributed by atoms with Crippen LogP contribution in [0.4, 0.5) is 9.93 Å². The summed E-state index contributed by atoms with van der Waals surface area (Å²) in [6.45, 7) is 5.41. The van der Waals surface area contributed by atoms with Crippen molar-refractivity contribution in [2.45, 2.75) is 25.3 Å². The third-order valence-electron chi connectivity index (χ3n) is 6.69. The molecule has 0 aliphatic carbocycles. The van der Waals surface area contributed by atoms with E-state index in [-0.39, 0.29) is 50.1 Å². The van der Waals surface area contributed by atoms with Crippen LogP contribution in [0.2, 0.25) is 0 Å². The molecule has 0 N–H and O–H groups in total. The largest absolute Gasteiger partial charge is 0.494 e. The fraction of sp³-hybridized carbons (Fsp3) is 0.310. The fourth-order valence-electron chi connectivity index (χ4n) is 4.54. The van der Waals surface area contributed by atoms with Crippen LogP contribution in [0.15, 0.2) is 71.8 Å². The van der Waals surface area contributed by atoms with E-state index in [0.717, 1.165) is 16.0 Å².